The van der Waals surface area contributed by atoms with E-state index in [0.717, 1.165) is 38.5 Å². The summed E-state index contributed by atoms with van der Waals surface area (Å²) in [5, 5.41) is 9.34. The first-order chi connectivity index (χ1) is 7.66. The largest absolute Gasteiger partial charge is 0.393 e. The Hall–Kier alpha value is -0.610. The molecule has 0 radical (unpaired) electrons. The summed E-state index contributed by atoms with van der Waals surface area (Å²) >= 11 is 0. The standard InChI is InChI=1S/C12H21NO3/c1-13(9-2-3-9)12(15)8-16-11-6-4-10(14)5-7-11/h9-11,14H,2-8H2,1H3. The van der Waals surface area contributed by atoms with Crippen LogP contribution in [-0.2, 0) is 9.53 Å². The lowest BCUT2D eigenvalue weighted by Crippen LogP contribution is -2.34. The zero-order valence-corrected chi connectivity index (χ0v) is 9.89. The van der Waals surface area contributed by atoms with Gasteiger partial charge in [-0.05, 0) is 38.5 Å². The number of carbonyl (C=O) groups is 1. The van der Waals surface area contributed by atoms with Gasteiger partial charge in [0.05, 0.1) is 12.2 Å². The summed E-state index contributed by atoms with van der Waals surface area (Å²) in [5.74, 6) is 0.0913. The number of carbonyl (C=O) groups excluding carboxylic acids is 1. The van der Waals surface area contributed by atoms with Crippen LogP contribution in [0.15, 0.2) is 0 Å². The first-order valence-electron chi connectivity index (χ1n) is 6.22. The van der Waals surface area contributed by atoms with Crippen molar-refractivity contribution >= 4 is 5.91 Å². The molecule has 2 aliphatic rings. The summed E-state index contributed by atoms with van der Waals surface area (Å²) in [5.41, 5.74) is 0. The van der Waals surface area contributed by atoms with Crippen LogP contribution in [0.4, 0.5) is 0 Å². The van der Waals surface area contributed by atoms with Crippen molar-refractivity contribution in [2.45, 2.75) is 56.8 Å². The van der Waals surface area contributed by atoms with Gasteiger partial charge >= 0.3 is 0 Å². The smallest absolute Gasteiger partial charge is 0.248 e. The highest BCUT2D eigenvalue weighted by atomic mass is 16.5. The molecule has 0 saturated heterocycles. The number of aliphatic hydroxyl groups excluding tert-OH is 1. The van der Waals surface area contributed by atoms with E-state index in [1.165, 1.54) is 0 Å². The minimum Gasteiger partial charge on any atom is -0.393 e. The lowest BCUT2D eigenvalue weighted by molar-refractivity contribution is -0.138. The van der Waals surface area contributed by atoms with Crippen molar-refractivity contribution in [3.05, 3.63) is 0 Å². The zero-order valence-electron chi connectivity index (χ0n) is 9.89. The molecule has 1 amide bonds. The molecule has 0 bridgehead atoms. The van der Waals surface area contributed by atoms with E-state index in [-0.39, 0.29) is 24.7 Å². The molecule has 4 nitrogen and oxygen atoms in total. The average Bonchev–Trinajstić information content (AvgIpc) is 3.11. The summed E-state index contributed by atoms with van der Waals surface area (Å²) in [6, 6.07) is 0.462. The van der Waals surface area contributed by atoms with Gasteiger partial charge in [-0.25, -0.2) is 0 Å². The second kappa shape index (κ2) is 5.15. The zero-order chi connectivity index (χ0) is 11.5. The van der Waals surface area contributed by atoms with Gasteiger partial charge in [-0.1, -0.05) is 0 Å². The van der Waals surface area contributed by atoms with Gasteiger partial charge in [0.15, 0.2) is 0 Å². The van der Waals surface area contributed by atoms with Crippen molar-refractivity contribution in [3.63, 3.8) is 0 Å². The van der Waals surface area contributed by atoms with Crippen LogP contribution in [0.3, 0.4) is 0 Å². The van der Waals surface area contributed by atoms with Crippen LogP contribution in [-0.4, -0.2) is 47.8 Å². The first-order valence-corrected chi connectivity index (χ1v) is 6.22. The number of aliphatic hydroxyl groups is 1. The fourth-order valence-corrected chi connectivity index (χ4v) is 2.17. The molecule has 0 spiro atoms. The maximum Gasteiger partial charge on any atom is 0.248 e. The van der Waals surface area contributed by atoms with E-state index in [0.29, 0.717) is 6.04 Å². The Balaban J connectivity index is 1.64. The van der Waals surface area contributed by atoms with Gasteiger partial charge in [0.2, 0.25) is 5.91 Å². The molecule has 4 heteroatoms. The molecule has 0 heterocycles. The normalized spacial score (nSPS) is 30.1. The Kier molecular flexibility index (Phi) is 3.82. The van der Waals surface area contributed by atoms with Crippen molar-refractivity contribution in [2.75, 3.05) is 13.7 Å². The molecule has 0 aromatic rings. The molecule has 2 rings (SSSR count). The minimum absolute atomic E-state index is 0.0913. The third-order valence-corrected chi connectivity index (χ3v) is 3.57. The molecular weight excluding hydrogens is 206 g/mol. The van der Waals surface area contributed by atoms with Crippen molar-refractivity contribution in [1.29, 1.82) is 0 Å². The predicted molar refractivity (Wildman–Crippen MR) is 60.0 cm³/mol. The molecule has 0 aromatic heterocycles. The lowest BCUT2D eigenvalue weighted by atomic mass is 9.95. The molecule has 1 N–H and O–H groups in total. The van der Waals surface area contributed by atoms with Gasteiger partial charge in [0, 0.05) is 13.1 Å². The van der Waals surface area contributed by atoms with Gasteiger partial charge in [0.25, 0.3) is 0 Å². The Morgan fingerprint density at radius 2 is 1.88 bits per heavy atom. The van der Waals surface area contributed by atoms with Gasteiger partial charge in [-0.3, -0.25) is 4.79 Å². The Morgan fingerprint density at radius 3 is 2.44 bits per heavy atom. The van der Waals surface area contributed by atoms with Crippen molar-refractivity contribution < 1.29 is 14.6 Å². The SMILES string of the molecule is CN(C(=O)COC1CCC(O)CC1)C1CC1. The molecule has 0 unspecified atom stereocenters. The Labute approximate surface area is 96.6 Å². The average molecular weight is 227 g/mol. The van der Waals surface area contributed by atoms with Crippen molar-refractivity contribution in [2.24, 2.45) is 0 Å². The summed E-state index contributed by atoms with van der Waals surface area (Å²) in [6.07, 6.45) is 5.64. The molecule has 2 aliphatic carbocycles. The molecule has 92 valence electrons. The predicted octanol–water partition coefficient (Wildman–Crippen LogP) is 0.927. The molecule has 0 atom stereocenters. The summed E-state index contributed by atoms with van der Waals surface area (Å²) in [4.78, 5) is 13.5. The third kappa shape index (κ3) is 3.19. The first kappa shape index (κ1) is 11.9. The van der Waals surface area contributed by atoms with Crippen molar-refractivity contribution in [1.82, 2.24) is 4.90 Å². The monoisotopic (exact) mass is 227 g/mol. The number of ether oxygens (including phenoxy) is 1. The fourth-order valence-electron chi connectivity index (χ4n) is 2.17. The van der Waals surface area contributed by atoms with Gasteiger partial charge in [-0.15, -0.1) is 0 Å². The second-order valence-electron chi connectivity index (χ2n) is 4.98. The van der Waals surface area contributed by atoms with Gasteiger partial charge in [-0.2, -0.15) is 0 Å². The number of rotatable bonds is 4. The molecular formula is C12H21NO3. The van der Waals surface area contributed by atoms with E-state index < -0.39 is 0 Å². The number of nitrogens with zero attached hydrogens (tertiary/aromatic N) is 1. The Morgan fingerprint density at radius 1 is 1.25 bits per heavy atom. The maximum atomic E-state index is 11.7. The van der Waals surface area contributed by atoms with E-state index in [2.05, 4.69) is 0 Å². The third-order valence-electron chi connectivity index (χ3n) is 3.57. The summed E-state index contributed by atoms with van der Waals surface area (Å²) in [6.45, 7) is 0.202. The molecule has 16 heavy (non-hydrogen) atoms. The van der Waals surface area contributed by atoms with E-state index in [4.69, 9.17) is 4.74 Å². The molecule has 0 aliphatic heterocycles. The highest BCUT2D eigenvalue weighted by molar-refractivity contribution is 5.77. The number of amides is 1. The van der Waals surface area contributed by atoms with Crippen molar-refractivity contribution in [3.8, 4) is 0 Å². The lowest BCUT2D eigenvalue weighted by Gasteiger charge is -2.26. The molecule has 2 saturated carbocycles. The summed E-state index contributed by atoms with van der Waals surface area (Å²) < 4.78 is 5.59. The highest BCUT2D eigenvalue weighted by Gasteiger charge is 2.30. The minimum atomic E-state index is -0.162. The van der Waals surface area contributed by atoms with E-state index in [1.54, 1.807) is 4.90 Å². The number of likely N-dealkylation sites (N-methyl/N-ethyl adjacent to an activating group) is 1. The topological polar surface area (TPSA) is 49.8 Å². The van der Waals surface area contributed by atoms with Crippen LogP contribution in [0.1, 0.15) is 38.5 Å². The maximum absolute atomic E-state index is 11.7. The van der Waals surface area contributed by atoms with Crippen LogP contribution in [0.25, 0.3) is 0 Å². The Bertz CT molecular complexity index is 245. The van der Waals surface area contributed by atoms with E-state index in [9.17, 15) is 9.90 Å². The van der Waals surface area contributed by atoms with Crippen LogP contribution in [0, 0.1) is 0 Å². The van der Waals surface area contributed by atoms with E-state index in [1.807, 2.05) is 7.05 Å². The molecule has 0 aromatic carbocycles. The van der Waals surface area contributed by atoms with Crippen LogP contribution < -0.4 is 0 Å². The van der Waals surface area contributed by atoms with E-state index >= 15 is 0 Å². The second-order valence-corrected chi connectivity index (χ2v) is 4.98. The fraction of sp³-hybridized carbons (Fsp3) is 0.917. The molecule has 2 fully saturated rings. The quantitative estimate of drug-likeness (QED) is 0.777. The number of hydrogen-bond donors (Lipinski definition) is 1. The number of hydrogen-bond acceptors (Lipinski definition) is 3. The van der Waals surface area contributed by atoms with Crippen LogP contribution in [0.5, 0.6) is 0 Å². The van der Waals surface area contributed by atoms with Crippen LogP contribution >= 0.6 is 0 Å². The van der Waals surface area contributed by atoms with Gasteiger partial charge < -0.3 is 14.7 Å². The highest BCUT2D eigenvalue weighted by Crippen LogP contribution is 2.26. The summed E-state index contributed by atoms with van der Waals surface area (Å²) in [7, 11) is 1.86. The van der Waals surface area contributed by atoms with Crippen LogP contribution in [0.2, 0.25) is 0 Å². The van der Waals surface area contributed by atoms with Gasteiger partial charge in [0.1, 0.15) is 6.61 Å².